The van der Waals surface area contributed by atoms with Gasteiger partial charge in [0.05, 0.1) is 15.7 Å². The average Bonchev–Trinajstić information content (AvgIpc) is 2.63. The Bertz CT molecular complexity index is 850. The van der Waals surface area contributed by atoms with Gasteiger partial charge in [-0.25, -0.2) is 9.97 Å². The summed E-state index contributed by atoms with van der Waals surface area (Å²) in [5, 5.41) is 3.97. The van der Waals surface area contributed by atoms with Crippen molar-refractivity contribution in [1.82, 2.24) is 9.97 Å². The second kappa shape index (κ2) is 8.42. The first-order valence-corrected chi connectivity index (χ1v) is 9.74. The van der Waals surface area contributed by atoms with Gasteiger partial charge in [0.25, 0.3) is 5.91 Å². The fraction of sp³-hybridized carbons (Fsp3) is 0.421. The third kappa shape index (κ3) is 4.51. The number of hydrogen-bond donors (Lipinski definition) is 3. The molecule has 0 atom stereocenters. The second-order valence-corrected chi connectivity index (χ2v) is 7.77. The van der Waals surface area contributed by atoms with Crippen LogP contribution in [0.15, 0.2) is 18.2 Å². The van der Waals surface area contributed by atoms with Crippen LogP contribution in [0.5, 0.6) is 0 Å². The molecule has 2 aromatic rings. The predicted octanol–water partition coefficient (Wildman–Crippen LogP) is 3.79. The molecule has 1 aliphatic rings. The SMILES string of the molecule is Cc1nc(NCC2CCC(N)CC2)nc(C(N)=O)c1-c1cccc(Cl)c1Cl. The molecular weight excluding hydrogens is 385 g/mol. The maximum atomic E-state index is 12.1. The molecular formula is C19H23Cl2N5O. The van der Waals surface area contributed by atoms with Crippen LogP contribution in [0, 0.1) is 12.8 Å². The number of carbonyl (C=O) groups is 1. The van der Waals surface area contributed by atoms with Crippen LogP contribution in [0.1, 0.15) is 41.9 Å². The molecule has 0 spiro atoms. The van der Waals surface area contributed by atoms with Crippen LogP contribution in [-0.4, -0.2) is 28.5 Å². The fourth-order valence-corrected chi connectivity index (χ4v) is 3.87. The van der Waals surface area contributed by atoms with Gasteiger partial charge in [-0.05, 0) is 44.6 Å². The minimum atomic E-state index is -0.641. The third-order valence-electron chi connectivity index (χ3n) is 4.98. The molecule has 1 amide bonds. The topological polar surface area (TPSA) is 107 Å². The number of hydrogen-bond acceptors (Lipinski definition) is 5. The van der Waals surface area contributed by atoms with Crippen LogP contribution in [-0.2, 0) is 0 Å². The average molecular weight is 408 g/mol. The van der Waals surface area contributed by atoms with Crippen LogP contribution in [0.4, 0.5) is 5.95 Å². The van der Waals surface area contributed by atoms with E-state index in [0.29, 0.717) is 44.8 Å². The predicted molar refractivity (Wildman–Crippen MR) is 109 cm³/mol. The highest BCUT2D eigenvalue weighted by Gasteiger charge is 2.22. The number of carbonyl (C=O) groups excluding carboxylic acids is 1. The van der Waals surface area contributed by atoms with Gasteiger partial charge >= 0.3 is 0 Å². The Morgan fingerprint density at radius 2 is 1.93 bits per heavy atom. The van der Waals surface area contributed by atoms with Gasteiger partial charge in [0.2, 0.25) is 5.95 Å². The number of aryl methyl sites for hydroxylation is 1. The molecule has 1 saturated carbocycles. The van der Waals surface area contributed by atoms with Gasteiger partial charge in [0.15, 0.2) is 0 Å². The van der Waals surface area contributed by atoms with Crippen LogP contribution < -0.4 is 16.8 Å². The highest BCUT2D eigenvalue weighted by molar-refractivity contribution is 6.43. The molecule has 3 rings (SSSR count). The number of anilines is 1. The molecule has 1 fully saturated rings. The minimum Gasteiger partial charge on any atom is -0.364 e. The lowest BCUT2D eigenvalue weighted by Crippen LogP contribution is -2.29. The normalized spacial score (nSPS) is 19.7. The third-order valence-corrected chi connectivity index (χ3v) is 5.80. The molecule has 27 heavy (non-hydrogen) atoms. The number of primary amides is 1. The van der Waals surface area contributed by atoms with Crippen molar-refractivity contribution in [3.05, 3.63) is 39.6 Å². The molecule has 144 valence electrons. The van der Waals surface area contributed by atoms with Gasteiger partial charge in [-0.2, -0.15) is 0 Å². The minimum absolute atomic E-state index is 0.125. The summed E-state index contributed by atoms with van der Waals surface area (Å²) in [5.74, 6) is 0.268. The molecule has 1 aliphatic carbocycles. The van der Waals surface area contributed by atoms with Gasteiger partial charge in [-0.15, -0.1) is 0 Å². The number of nitrogens with one attached hydrogen (secondary N) is 1. The Morgan fingerprint density at radius 3 is 2.59 bits per heavy atom. The maximum absolute atomic E-state index is 12.1. The first-order chi connectivity index (χ1) is 12.9. The Labute approximate surface area is 168 Å². The van der Waals surface area contributed by atoms with Crippen molar-refractivity contribution < 1.29 is 4.79 Å². The largest absolute Gasteiger partial charge is 0.364 e. The number of benzene rings is 1. The number of halogens is 2. The van der Waals surface area contributed by atoms with E-state index in [0.717, 1.165) is 32.2 Å². The monoisotopic (exact) mass is 407 g/mol. The maximum Gasteiger partial charge on any atom is 0.268 e. The van der Waals surface area contributed by atoms with Gasteiger partial charge < -0.3 is 16.8 Å². The zero-order chi connectivity index (χ0) is 19.6. The number of amides is 1. The van der Waals surface area contributed by atoms with Crippen molar-refractivity contribution >= 4 is 35.1 Å². The van der Waals surface area contributed by atoms with Crippen molar-refractivity contribution in [3.8, 4) is 11.1 Å². The summed E-state index contributed by atoms with van der Waals surface area (Å²) in [6.07, 6.45) is 4.22. The molecule has 1 heterocycles. The molecule has 0 radical (unpaired) electrons. The van der Waals surface area contributed by atoms with Crippen molar-refractivity contribution in [2.45, 2.75) is 38.6 Å². The van der Waals surface area contributed by atoms with Crippen LogP contribution in [0.3, 0.4) is 0 Å². The van der Waals surface area contributed by atoms with Crippen molar-refractivity contribution in [1.29, 1.82) is 0 Å². The van der Waals surface area contributed by atoms with Crippen LogP contribution >= 0.6 is 23.2 Å². The van der Waals surface area contributed by atoms with E-state index in [2.05, 4.69) is 15.3 Å². The lowest BCUT2D eigenvalue weighted by Gasteiger charge is -2.26. The summed E-state index contributed by atoms with van der Waals surface area (Å²) in [7, 11) is 0. The van der Waals surface area contributed by atoms with Gasteiger partial charge in [0.1, 0.15) is 5.69 Å². The first-order valence-electron chi connectivity index (χ1n) is 8.99. The van der Waals surface area contributed by atoms with E-state index in [1.54, 1.807) is 25.1 Å². The highest BCUT2D eigenvalue weighted by Crippen LogP contribution is 2.36. The molecule has 0 saturated heterocycles. The van der Waals surface area contributed by atoms with E-state index in [4.69, 9.17) is 34.7 Å². The summed E-state index contributed by atoms with van der Waals surface area (Å²) in [5.41, 5.74) is 13.4. The van der Waals surface area contributed by atoms with E-state index in [1.165, 1.54) is 0 Å². The van der Waals surface area contributed by atoms with Crippen molar-refractivity contribution in [3.63, 3.8) is 0 Å². The molecule has 0 unspecified atom stereocenters. The van der Waals surface area contributed by atoms with Gasteiger partial charge in [-0.3, -0.25) is 4.79 Å². The Morgan fingerprint density at radius 1 is 1.22 bits per heavy atom. The van der Waals surface area contributed by atoms with Crippen LogP contribution in [0.2, 0.25) is 10.0 Å². The molecule has 0 bridgehead atoms. The zero-order valence-electron chi connectivity index (χ0n) is 15.1. The number of rotatable bonds is 5. The molecule has 5 N–H and O–H groups in total. The lowest BCUT2D eigenvalue weighted by atomic mass is 9.86. The highest BCUT2D eigenvalue weighted by atomic mass is 35.5. The summed E-state index contributed by atoms with van der Waals surface area (Å²) < 4.78 is 0. The van der Waals surface area contributed by atoms with E-state index in [1.807, 2.05) is 0 Å². The van der Waals surface area contributed by atoms with Crippen LogP contribution in [0.25, 0.3) is 11.1 Å². The number of nitrogens with zero attached hydrogens (tertiary/aromatic N) is 2. The zero-order valence-corrected chi connectivity index (χ0v) is 16.6. The molecule has 8 heteroatoms. The van der Waals surface area contributed by atoms with E-state index < -0.39 is 5.91 Å². The number of nitrogens with two attached hydrogens (primary N) is 2. The Balaban J connectivity index is 1.89. The van der Waals surface area contributed by atoms with Crippen molar-refractivity contribution in [2.24, 2.45) is 17.4 Å². The summed E-state index contributed by atoms with van der Waals surface area (Å²) in [6.45, 7) is 2.53. The molecule has 6 nitrogen and oxygen atoms in total. The first kappa shape index (κ1) is 19.9. The van der Waals surface area contributed by atoms with Crippen molar-refractivity contribution in [2.75, 3.05) is 11.9 Å². The van der Waals surface area contributed by atoms with Gasteiger partial charge in [-0.1, -0.05) is 35.3 Å². The van der Waals surface area contributed by atoms with E-state index >= 15 is 0 Å². The molecule has 1 aromatic heterocycles. The second-order valence-electron chi connectivity index (χ2n) is 6.98. The standard InChI is InChI=1S/C19H23Cl2N5O/c1-10-15(13-3-2-4-14(20)16(13)21)17(18(23)27)26-19(25-10)24-9-11-5-7-12(22)8-6-11/h2-4,11-12H,5-9,22H2,1H3,(H2,23,27)(H,24,25,26). The van der Waals surface area contributed by atoms with E-state index in [-0.39, 0.29) is 5.69 Å². The summed E-state index contributed by atoms with van der Waals surface area (Å²) >= 11 is 12.4. The smallest absolute Gasteiger partial charge is 0.268 e. The fourth-order valence-electron chi connectivity index (χ4n) is 3.48. The lowest BCUT2D eigenvalue weighted by molar-refractivity contribution is 0.0996. The van der Waals surface area contributed by atoms with E-state index in [9.17, 15) is 4.79 Å². The summed E-state index contributed by atoms with van der Waals surface area (Å²) in [6, 6.07) is 5.51. The Hall–Kier alpha value is -1.89. The molecule has 1 aromatic carbocycles. The molecule has 0 aliphatic heterocycles. The quantitative estimate of drug-likeness (QED) is 0.698. The summed E-state index contributed by atoms with van der Waals surface area (Å²) in [4.78, 5) is 20.9. The number of aromatic nitrogens is 2. The van der Waals surface area contributed by atoms with Gasteiger partial charge in [0, 0.05) is 23.7 Å². The Kier molecular flexibility index (Phi) is 6.19.